The lowest BCUT2D eigenvalue weighted by atomic mass is 9.96. The van der Waals surface area contributed by atoms with Gasteiger partial charge in [-0.05, 0) is 23.8 Å². The first-order valence-electron chi connectivity index (χ1n) is 9.60. The third-order valence-corrected chi connectivity index (χ3v) is 5.14. The number of fused-ring (bicyclic) bond motifs is 1. The highest BCUT2D eigenvalue weighted by Crippen LogP contribution is 2.36. The Morgan fingerprint density at radius 1 is 0.793 bits per heavy atom. The topological polar surface area (TPSA) is 66.6 Å². The van der Waals surface area contributed by atoms with Gasteiger partial charge in [-0.25, -0.2) is 4.98 Å². The van der Waals surface area contributed by atoms with E-state index in [4.69, 9.17) is 9.40 Å². The number of quaternary nitrogens is 1. The molecule has 0 aliphatic rings. The molecular formula is C25H20N3O+. The molecule has 4 nitrogen and oxygen atoms in total. The van der Waals surface area contributed by atoms with E-state index in [0.717, 1.165) is 51.1 Å². The molecule has 0 atom stereocenters. The molecule has 0 aliphatic carbocycles. The van der Waals surface area contributed by atoms with E-state index in [1.807, 2.05) is 18.2 Å². The molecule has 5 rings (SSSR count). The lowest BCUT2D eigenvalue weighted by Gasteiger charge is -2.13. The number of pyridine rings is 2. The maximum atomic E-state index is 5.28. The van der Waals surface area contributed by atoms with Gasteiger partial charge in [-0.2, -0.15) is 0 Å². The molecule has 4 heteroatoms. The Balaban J connectivity index is 1.79. The number of hydrogen-bond acceptors (Lipinski definition) is 3. The maximum absolute atomic E-state index is 5.28. The molecule has 0 unspecified atom stereocenters. The van der Waals surface area contributed by atoms with Crippen LogP contribution in [-0.2, 0) is 6.54 Å². The molecule has 140 valence electrons. The summed E-state index contributed by atoms with van der Waals surface area (Å²) in [6.45, 7) is 0.775. The zero-order valence-corrected chi connectivity index (χ0v) is 15.9. The Kier molecular flexibility index (Phi) is 4.39. The van der Waals surface area contributed by atoms with Crippen molar-refractivity contribution in [1.82, 2.24) is 9.97 Å². The molecule has 29 heavy (non-hydrogen) atoms. The largest absolute Gasteiger partial charge is 0.472 e. The summed E-state index contributed by atoms with van der Waals surface area (Å²) in [5, 5.41) is 1.01. The quantitative estimate of drug-likeness (QED) is 0.480. The highest BCUT2D eigenvalue weighted by molar-refractivity contribution is 5.98. The van der Waals surface area contributed by atoms with Gasteiger partial charge in [0.2, 0.25) is 0 Å². The Bertz CT molecular complexity index is 1260. The minimum atomic E-state index is 0.775. The average Bonchev–Trinajstić information content (AvgIpc) is 3.33. The first kappa shape index (κ1) is 17.3. The van der Waals surface area contributed by atoms with E-state index in [2.05, 4.69) is 65.3 Å². The van der Waals surface area contributed by atoms with Crippen LogP contribution in [0.25, 0.3) is 44.5 Å². The van der Waals surface area contributed by atoms with Crippen molar-refractivity contribution >= 4 is 10.9 Å². The number of hydrogen-bond donors (Lipinski definition) is 1. The van der Waals surface area contributed by atoms with Crippen LogP contribution in [0.4, 0.5) is 0 Å². The fraction of sp³-hybridized carbons (Fsp3) is 0.0400. The summed E-state index contributed by atoms with van der Waals surface area (Å²) in [5.41, 5.74) is 12.2. The molecule has 0 saturated heterocycles. The monoisotopic (exact) mass is 378 g/mol. The van der Waals surface area contributed by atoms with Crippen molar-refractivity contribution in [2.75, 3.05) is 0 Å². The Morgan fingerprint density at radius 2 is 1.62 bits per heavy atom. The second kappa shape index (κ2) is 7.34. The van der Waals surface area contributed by atoms with E-state index in [9.17, 15) is 0 Å². The molecule has 0 fully saturated rings. The summed E-state index contributed by atoms with van der Waals surface area (Å²) >= 11 is 0. The van der Waals surface area contributed by atoms with E-state index >= 15 is 0 Å². The number of nitrogens with zero attached hydrogens (tertiary/aromatic N) is 2. The Hall–Kier alpha value is -3.76. The number of furan rings is 1. The molecule has 0 radical (unpaired) electrons. The Labute approximate surface area is 168 Å². The summed E-state index contributed by atoms with van der Waals surface area (Å²) in [4.78, 5) is 9.66. The highest BCUT2D eigenvalue weighted by atomic mass is 16.3. The van der Waals surface area contributed by atoms with Crippen molar-refractivity contribution in [2.24, 2.45) is 0 Å². The molecule has 3 heterocycles. The van der Waals surface area contributed by atoms with Gasteiger partial charge in [0.05, 0.1) is 36.0 Å². The van der Waals surface area contributed by atoms with Crippen LogP contribution in [0.2, 0.25) is 0 Å². The molecule has 0 spiro atoms. The standard InChI is InChI=1S/C25H19N3O/c26-15-17-6-8-19(9-7-17)25-21(18-4-2-1-3-5-18)14-22-23(28-25)10-12-27-24(22)20-11-13-29-16-20/h1-14,16H,15,26H2/p+1. The molecule has 3 N–H and O–H groups in total. The van der Waals surface area contributed by atoms with Gasteiger partial charge in [-0.15, -0.1) is 0 Å². The predicted molar refractivity (Wildman–Crippen MR) is 115 cm³/mol. The van der Waals surface area contributed by atoms with Gasteiger partial charge >= 0.3 is 0 Å². The molecule has 3 aromatic heterocycles. The molecule has 0 amide bonds. The first-order chi connectivity index (χ1) is 14.3. The van der Waals surface area contributed by atoms with Crippen molar-refractivity contribution in [3.8, 4) is 33.6 Å². The summed E-state index contributed by atoms with van der Waals surface area (Å²) in [6, 6.07) is 24.9. The minimum absolute atomic E-state index is 0.775. The van der Waals surface area contributed by atoms with E-state index in [1.54, 1.807) is 18.7 Å². The van der Waals surface area contributed by atoms with Crippen LogP contribution in [0.5, 0.6) is 0 Å². The third kappa shape index (κ3) is 3.20. The van der Waals surface area contributed by atoms with Gasteiger partial charge in [0.25, 0.3) is 0 Å². The lowest BCUT2D eigenvalue weighted by molar-refractivity contribution is -0.386. The zero-order chi connectivity index (χ0) is 19.6. The average molecular weight is 378 g/mol. The summed E-state index contributed by atoms with van der Waals surface area (Å²) in [5.74, 6) is 0. The van der Waals surface area contributed by atoms with Gasteiger partial charge in [-0.3, -0.25) is 4.98 Å². The molecule has 5 aromatic rings. The second-order valence-corrected chi connectivity index (χ2v) is 6.94. The van der Waals surface area contributed by atoms with E-state index in [1.165, 1.54) is 5.56 Å². The molecule has 0 bridgehead atoms. The Morgan fingerprint density at radius 3 is 2.34 bits per heavy atom. The zero-order valence-electron chi connectivity index (χ0n) is 15.9. The number of benzene rings is 2. The molecular weight excluding hydrogens is 358 g/mol. The second-order valence-electron chi connectivity index (χ2n) is 6.94. The van der Waals surface area contributed by atoms with Gasteiger partial charge in [0.15, 0.2) is 0 Å². The van der Waals surface area contributed by atoms with Crippen LogP contribution in [0.3, 0.4) is 0 Å². The predicted octanol–water partition coefficient (Wildman–Crippen LogP) is 4.97. The van der Waals surface area contributed by atoms with Crippen LogP contribution in [-0.4, -0.2) is 9.97 Å². The van der Waals surface area contributed by atoms with Gasteiger partial charge < -0.3 is 10.2 Å². The summed E-state index contributed by atoms with van der Waals surface area (Å²) < 4.78 is 5.28. The van der Waals surface area contributed by atoms with Crippen LogP contribution >= 0.6 is 0 Å². The van der Waals surface area contributed by atoms with Crippen LogP contribution in [0.1, 0.15) is 5.56 Å². The maximum Gasteiger partial charge on any atom is 0.0997 e. The van der Waals surface area contributed by atoms with E-state index in [-0.39, 0.29) is 0 Å². The SMILES string of the molecule is [NH3+]Cc1ccc(-c2nc3ccnc(-c4ccoc4)c3cc2-c2ccccc2)cc1. The van der Waals surface area contributed by atoms with Crippen molar-refractivity contribution < 1.29 is 10.2 Å². The van der Waals surface area contributed by atoms with Gasteiger partial charge in [0.1, 0.15) is 0 Å². The smallest absolute Gasteiger partial charge is 0.0997 e. The molecule has 2 aromatic carbocycles. The lowest BCUT2D eigenvalue weighted by Crippen LogP contribution is -2.47. The summed E-state index contributed by atoms with van der Waals surface area (Å²) in [6.07, 6.45) is 5.19. The number of rotatable bonds is 4. The van der Waals surface area contributed by atoms with Crippen molar-refractivity contribution in [3.05, 3.63) is 97.1 Å². The third-order valence-electron chi connectivity index (χ3n) is 5.14. The highest BCUT2D eigenvalue weighted by Gasteiger charge is 2.15. The normalized spacial score (nSPS) is 11.1. The van der Waals surface area contributed by atoms with Crippen LogP contribution < -0.4 is 5.73 Å². The van der Waals surface area contributed by atoms with Gasteiger partial charge in [-0.1, -0.05) is 54.6 Å². The molecule has 0 aliphatic heterocycles. The summed E-state index contributed by atoms with van der Waals surface area (Å²) in [7, 11) is 0. The number of aromatic nitrogens is 2. The van der Waals surface area contributed by atoms with Gasteiger partial charge in [0, 0.05) is 33.8 Å². The fourth-order valence-corrected chi connectivity index (χ4v) is 3.61. The van der Waals surface area contributed by atoms with Crippen molar-refractivity contribution in [1.29, 1.82) is 0 Å². The van der Waals surface area contributed by atoms with Crippen LogP contribution in [0.15, 0.2) is 95.9 Å². The molecule has 0 saturated carbocycles. The first-order valence-corrected chi connectivity index (χ1v) is 9.60. The van der Waals surface area contributed by atoms with Crippen molar-refractivity contribution in [2.45, 2.75) is 6.54 Å². The van der Waals surface area contributed by atoms with E-state index in [0.29, 0.717) is 0 Å². The van der Waals surface area contributed by atoms with Crippen molar-refractivity contribution in [3.63, 3.8) is 0 Å². The van der Waals surface area contributed by atoms with E-state index < -0.39 is 0 Å². The fourth-order valence-electron chi connectivity index (χ4n) is 3.61. The van der Waals surface area contributed by atoms with Crippen LogP contribution in [0, 0.1) is 0 Å². The minimum Gasteiger partial charge on any atom is -0.472 e.